The van der Waals surface area contributed by atoms with Gasteiger partial charge in [0.1, 0.15) is 17.1 Å². The van der Waals surface area contributed by atoms with E-state index in [-0.39, 0.29) is 6.04 Å². The van der Waals surface area contributed by atoms with Crippen molar-refractivity contribution in [2.45, 2.75) is 31.7 Å². The van der Waals surface area contributed by atoms with Crippen LogP contribution in [-0.4, -0.2) is 35.6 Å². The zero-order chi connectivity index (χ0) is 19.3. The van der Waals surface area contributed by atoms with Gasteiger partial charge in [0.2, 0.25) is 0 Å². The molecular weight excluding hydrogens is 361 g/mol. The van der Waals surface area contributed by atoms with Crippen LogP contribution in [-0.2, 0) is 4.79 Å². The molecule has 4 aromatic rings. The summed E-state index contributed by atoms with van der Waals surface area (Å²) >= 11 is 0. The second-order valence-electron chi connectivity index (χ2n) is 7.24. The zero-order valence-corrected chi connectivity index (χ0v) is 15.0. The van der Waals surface area contributed by atoms with E-state index < -0.39 is 17.7 Å². The minimum Gasteiger partial charge on any atom is -0.481 e. The number of carbonyl (C=O) groups is 1. The monoisotopic (exact) mass is 379 g/mol. The quantitative estimate of drug-likeness (QED) is 0.562. The number of halogens is 1. The number of hydrogen-bond donors (Lipinski definition) is 2. The predicted molar refractivity (Wildman–Crippen MR) is 101 cm³/mol. The van der Waals surface area contributed by atoms with Crippen molar-refractivity contribution in [2.75, 3.05) is 0 Å². The van der Waals surface area contributed by atoms with Gasteiger partial charge in [0, 0.05) is 41.0 Å². The third-order valence-corrected chi connectivity index (χ3v) is 5.60. The van der Waals surface area contributed by atoms with Gasteiger partial charge in [0.05, 0.1) is 12.1 Å². The van der Waals surface area contributed by atoms with Crippen LogP contribution < -0.4 is 0 Å². The highest BCUT2D eigenvalue weighted by Crippen LogP contribution is 2.36. The van der Waals surface area contributed by atoms with Gasteiger partial charge >= 0.3 is 5.97 Å². The Morgan fingerprint density at radius 1 is 1.25 bits per heavy atom. The molecule has 0 radical (unpaired) electrons. The number of H-pyrrole nitrogens is 1. The largest absolute Gasteiger partial charge is 0.481 e. The molecule has 0 aliphatic heterocycles. The van der Waals surface area contributed by atoms with E-state index in [2.05, 4.69) is 15.0 Å². The molecular formula is C20H18FN5O2. The summed E-state index contributed by atoms with van der Waals surface area (Å²) in [5.41, 5.74) is 1.92. The Kier molecular flexibility index (Phi) is 3.85. The number of aromatic nitrogens is 5. The fourth-order valence-corrected chi connectivity index (χ4v) is 4.23. The van der Waals surface area contributed by atoms with Gasteiger partial charge in [-0.3, -0.25) is 4.79 Å². The molecule has 142 valence electrons. The number of nitrogens with zero attached hydrogens (tertiary/aromatic N) is 4. The molecule has 0 saturated heterocycles. The van der Waals surface area contributed by atoms with Crippen molar-refractivity contribution in [1.29, 1.82) is 0 Å². The average molecular weight is 379 g/mol. The molecule has 28 heavy (non-hydrogen) atoms. The molecule has 2 atom stereocenters. The summed E-state index contributed by atoms with van der Waals surface area (Å²) < 4.78 is 15.6. The number of aromatic amines is 1. The third kappa shape index (κ3) is 2.64. The minimum absolute atomic E-state index is 0.131. The van der Waals surface area contributed by atoms with Crippen molar-refractivity contribution in [3.05, 3.63) is 42.7 Å². The van der Waals surface area contributed by atoms with Crippen molar-refractivity contribution >= 4 is 28.0 Å². The lowest BCUT2D eigenvalue weighted by molar-refractivity contribution is -0.144. The molecule has 1 aliphatic rings. The van der Waals surface area contributed by atoms with Crippen LogP contribution in [0.25, 0.3) is 33.5 Å². The summed E-state index contributed by atoms with van der Waals surface area (Å²) in [5, 5.41) is 11.1. The standard InChI is InChI=1S/C20H18FN5O2/c21-12-7-14-15(10-24-17(14)23-9-12)18-22-8-11-5-6-26(19(11)25-18)16-4-2-1-3-13(16)20(27)28/h5-10,13,16H,1-4H2,(H,23,24)(H,27,28). The van der Waals surface area contributed by atoms with Crippen LogP contribution in [0.2, 0.25) is 0 Å². The maximum absolute atomic E-state index is 13.7. The van der Waals surface area contributed by atoms with Gasteiger partial charge in [-0.25, -0.2) is 19.3 Å². The lowest BCUT2D eigenvalue weighted by Crippen LogP contribution is -2.29. The van der Waals surface area contributed by atoms with Crippen molar-refractivity contribution in [2.24, 2.45) is 5.92 Å². The molecule has 0 aromatic carbocycles. The van der Waals surface area contributed by atoms with E-state index >= 15 is 0 Å². The van der Waals surface area contributed by atoms with Crippen LogP contribution in [0.5, 0.6) is 0 Å². The van der Waals surface area contributed by atoms with Crippen LogP contribution in [0.4, 0.5) is 4.39 Å². The van der Waals surface area contributed by atoms with Gasteiger partial charge in [-0.2, -0.15) is 0 Å². The average Bonchev–Trinajstić information content (AvgIpc) is 3.31. The molecule has 8 heteroatoms. The highest BCUT2D eigenvalue weighted by Gasteiger charge is 2.32. The Balaban J connectivity index is 1.64. The van der Waals surface area contributed by atoms with Crippen LogP contribution in [0.1, 0.15) is 31.7 Å². The smallest absolute Gasteiger partial charge is 0.308 e. The fourth-order valence-electron chi connectivity index (χ4n) is 4.23. The minimum atomic E-state index is -0.765. The fraction of sp³-hybridized carbons (Fsp3) is 0.300. The molecule has 0 amide bonds. The molecule has 2 unspecified atom stereocenters. The molecule has 0 bridgehead atoms. The van der Waals surface area contributed by atoms with E-state index in [1.165, 1.54) is 6.07 Å². The number of fused-ring (bicyclic) bond motifs is 2. The number of rotatable bonds is 3. The topological polar surface area (TPSA) is 96.7 Å². The maximum atomic E-state index is 13.7. The second-order valence-corrected chi connectivity index (χ2v) is 7.24. The number of carboxylic acids is 1. The zero-order valence-electron chi connectivity index (χ0n) is 15.0. The van der Waals surface area contributed by atoms with Gasteiger partial charge in [-0.1, -0.05) is 12.8 Å². The van der Waals surface area contributed by atoms with Crippen molar-refractivity contribution < 1.29 is 14.3 Å². The van der Waals surface area contributed by atoms with Crippen LogP contribution in [0.3, 0.4) is 0 Å². The summed E-state index contributed by atoms with van der Waals surface area (Å²) in [6.07, 6.45) is 9.90. The molecule has 1 fully saturated rings. The summed E-state index contributed by atoms with van der Waals surface area (Å²) in [6.45, 7) is 0. The van der Waals surface area contributed by atoms with Crippen molar-refractivity contribution in [3.63, 3.8) is 0 Å². The molecule has 7 nitrogen and oxygen atoms in total. The third-order valence-electron chi connectivity index (χ3n) is 5.60. The van der Waals surface area contributed by atoms with Crippen LogP contribution in [0, 0.1) is 11.7 Å². The van der Waals surface area contributed by atoms with Crippen molar-refractivity contribution in [3.8, 4) is 11.4 Å². The molecule has 0 spiro atoms. The SMILES string of the molecule is O=C(O)C1CCCCC1n1ccc2cnc(-c3c[nH]c4ncc(F)cc34)nc21. The molecule has 1 aliphatic carbocycles. The first-order valence-electron chi connectivity index (χ1n) is 9.31. The molecule has 5 rings (SSSR count). The van der Waals surface area contributed by atoms with Gasteiger partial charge in [-0.15, -0.1) is 0 Å². The normalized spacial score (nSPS) is 20.0. The Morgan fingerprint density at radius 3 is 2.96 bits per heavy atom. The highest BCUT2D eigenvalue weighted by molar-refractivity contribution is 5.92. The van der Waals surface area contributed by atoms with E-state index in [9.17, 15) is 14.3 Å². The Morgan fingerprint density at radius 2 is 2.11 bits per heavy atom. The second kappa shape index (κ2) is 6.40. The molecule has 1 saturated carbocycles. The van der Waals surface area contributed by atoms with Crippen molar-refractivity contribution in [1.82, 2.24) is 24.5 Å². The summed E-state index contributed by atoms with van der Waals surface area (Å²) in [5.74, 6) is -1.16. The van der Waals surface area contributed by atoms with Gasteiger partial charge in [0.25, 0.3) is 0 Å². The lowest BCUT2D eigenvalue weighted by Gasteiger charge is -2.30. The van der Waals surface area contributed by atoms with Crippen LogP contribution in [0.15, 0.2) is 36.9 Å². The number of hydrogen-bond acceptors (Lipinski definition) is 4. The first-order chi connectivity index (χ1) is 13.6. The first-order valence-corrected chi connectivity index (χ1v) is 9.31. The summed E-state index contributed by atoms with van der Waals surface area (Å²) in [7, 11) is 0. The van der Waals surface area contributed by atoms with Gasteiger partial charge in [0.15, 0.2) is 5.82 Å². The Bertz CT molecular complexity index is 1200. The van der Waals surface area contributed by atoms with E-state index in [0.717, 1.165) is 30.8 Å². The Labute approximate surface area is 159 Å². The van der Waals surface area contributed by atoms with E-state index in [0.29, 0.717) is 34.5 Å². The van der Waals surface area contributed by atoms with Gasteiger partial charge in [-0.05, 0) is 25.0 Å². The number of carboxylic acid groups (broad SMARTS) is 1. The van der Waals surface area contributed by atoms with E-state index in [1.807, 2.05) is 16.8 Å². The number of nitrogens with one attached hydrogen (secondary N) is 1. The first kappa shape index (κ1) is 16.9. The molecule has 4 heterocycles. The predicted octanol–water partition coefficient (Wildman–Crippen LogP) is 3.93. The van der Waals surface area contributed by atoms with E-state index in [1.54, 1.807) is 12.4 Å². The maximum Gasteiger partial charge on any atom is 0.308 e. The van der Waals surface area contributed by atoms with E-state index in [4.69, 9.17) is 4.98 Å². The highest BCUT2D eigenvalue weighted by atomic mass is 19.1. The lowest BCUT2D eigenvalue weighted by atomic mass is 9.84. The molecule has 2 N–H and O–H groups in total. The number of aliphatic carboxylic acids is 1. The summed E-state index contributed by atoms with van der Waals surface area (Å²) in [6, 6.07) is 3.18. The van der Waals surface area contributed by atoms with Gasteiger partial charge < -0.3 is 14.7 Å². The summed E-state index contributed by atoms with van der Waals surface area (Å²) in [4.78, 5) is 27.9. The Hall–Kier alpha value is -3.29. The molecule has 4 aromatic heterocycles. The number of pyridine rings is 1. The van der Waals surface area contributed by atoms with Crippen LogP contribution >= 0.6 is 0 Å².